The zero-order chi connectivity index (χ0) is 32.6. The number of nitrogens with zero attached hydrogens (tertiary/aromatic N) is 3. The molecule has 0 fully saturated rings. The lowest BCUT2D eigenvalue weighted by Gasteiger charge is -2.41. The Labute approximate surface area is 280 Å². The third-order valence-electron chi connectivity index (χ3n) is 10.3. The smallest absolute Gasteiger partial charge is 0.142 e. The molecule has 1 aliphatic rings. The van der Waals surface area contributed by atoms with E-state index in [1.807, 2.05) is 30.5 Å². The Kier molecular flexibility index (Phi) is 6.15. The average Bonchev–Trinajstić information content (AvgIpc) is 3.13. The van der Waals surface area contributed by atoms with Crippen LogP contribution in [-0.2, 0) is 5.41 Å². The summed E-state index contributed by atoms with van der Waals surface area (Å²) >= 11 is 0. The first-order chi connectivity index (χ1) is 23.5. The van der Waals surface area contributed by atoms with Gasteiger partial charge in [-0.1, -0.05) is 130 Å². The molecule has 3 nitrogen and oxygen atoms in total. The number of rotatable bonds is 5. The number of allylic oxidation sites excluding steroid dienone is 2. The maximum atomic E-state index is 4.69. The summed E-state index contributed by atoms with van der Waals surface area (Å²) < 4.78 is 0. The number of pyridine rings is 1. The molecule has 8 aromatic rings. The van der Waals surface area contributed by atoms with Crippen LogP contribution in [-0.4, -0.2) is 11.7 Å². The molecular formula is C45H33N3. The lowest BCUT2D eigenvalue weighted by molar-refractivity contribution is 0.616. The summed E-state index contributed by atoms with van der Waals surface area (Å²) in [4.78, 5) is 11.3. The molecule has 9 rings (SSSR count). The third kappa shape index (κ3) is 3.94. The molecule has 3 heteroatoms. The van der Waals surface area contributed by atoms with Gasteiger partial charge in [0, 0.05) is 17.2 Å². The number of anilines is 2. The van der Waals surface area contributed by atoms with Gasteiger partial charge in [0.2, 0.25) is 0 Å². The highest BCUT2D eigenvalue weighted by Gasteiger charge is 2.38. The minimum absolute atomic E-state index is 0.355. The third-order valence-corrected chi connectivity index (χ3v) is 10.3. The maximum Gasteiger partial charge on any atom is 0.142 e. The molecule has 1 aliphatic heterocycles. The second-order valence-electron chi connectivity index (χ2n) is 13.2. The van der Waals surface area contributed by atoms with Crippen LogP contribution in [0.5, 0.6) is 0 Å². The van der Waals surface area contributed by atoms with Crippen LogP contribution in [0.25, 0.3) is 65.3 Å². The molecule has 0 amide bonds. The molecule has 48 heavy (non-hydrogen) atoms. The highest BCUT2D eigenvalue weighted by Crippen LogP contribution is 2.50. The first-order valence-electron chi connectivity index (χ1n) is 16.4. The van der Waals surface area contributed by atoms with Crippen LogP contribution in [0.4, 0.5) is 11.5 Å². The van der Waals surface area contributed by atoms with Crippen molar-refractivity contribution < 1.29 is 0 Å². The summed E-state index contributed by atoms with van der Waals surface area (Å²) in [6.45, 7) is 12.6. The number of benzene rings is 7. The number of aromatic nitrogens is 1. The van der Waals surface area contributed by atoms with Crippen LogP contribution in [0.2, 0.25) is 0 Å². The van der Waals surface area contributed by atoms with Crippen LogP contribution in [0.1, 0.15) is 19.4 Å². The Bertz CT molecular complexity index is 2610. The molecule has 0 saturated heterocycles. The van der Waals surface area contributed by atoms with Gasteiger partial charge in [0.05, 0.1) is 5.69 Å². The van der Waals surface area contributed by atoms with Crippen molar-refractivity contribution in [3.05, 3.63) is 163 Å². The van der Waals surface area contributed by atoms with Gasteiger partial charge in [-0.25, -0.2) is 9.98 Å². The monoisotopic (exact) mass is 615 g/mol. The van der Waals surface area contributed by atoms with Crippen molar-refractivity contribution in [1.82, 2.24) is 4.98 Å². The van der Waals surface area contributed by atoms with Gasteiger partial charge in [-0.3, -0.25) is 4.90 Å². The highest BCUT2D eigenvalue weighted by atomic mass is 15.3. The van der Waals surface area contributed by atoms with Gasteiger partial charge in [0.1, 0.15) is 11.6 Å². The van der Waals surface area contributed by atoms with Crippen molar-refractivity contribution in [2.45, 2.75) is 19.3 Å². The summed E-state index contributed by atoms with van der Waals surface area (Å²) in [5, 5.41) is 10.3. The molecule has 0 unspecified atom stereocenters. The van der Waals surface area contributed by atoms with Crippen LogP contribution in [0.3, 0.4) is 0 Å². The van der Waals surface area contributed by atoms with E-state index in [-0.39, 0.29) is 5.41 Å². The fraction of sp³-hybridized carbons (Fsp3) is 0.0667. The summed E-state index contributed by atoms with van der Waals surface area (Å²) in [7, 11) is 0. The lowest BCUT2D eigenvalue weighted by Crippen LogP contribution is -2.33. The largest absolute Gasteiger partial charge is 0.278 e. The molecule has 0 N–H and O–H groups in total. The Morgan fingerprint density at radius 3 is 2.04 bits per heavy atom. The van der Waals surface area contributed by atoms with Crippen LogP contribution in [0, 0.1) is 0 Å². The minimum atomic E-state index is -0.355. The lowest BCUT2D eigenvalue weighted by atomic mass is 9.73. The van der Waals surface area contributed by atoms with Gasteiger partial charge in [0.15, 0.2) is 0 Å². The second-order valence-corrected chi connectivity index (χ2v) is 13.2. The molecule has 0 spiro atoms. The molecule has 0 radical (unpaired) electrons. The molecule has 7 aromatic carbocycles. The van der Waals surface area contributed by atoms with Crippen molar-refractivity contribution in [2.75, 3.05) is 4.90 Å². The van der Waals surface area contributed by atoms with Crippen molar-refractivity contribution in [1.29, 1.82) is 0 Å². The molecular weight excluding hydrogens is 583 g/mol. The zero-order valence-corrected chi connectivity index (χ0v) is 27.0. The Morgan fingerprint density at radius 1 is 0.646 bits per heavy atom. The van der Waals surface area contributed by atoms with E-state index in [2.05, 4.69) is 146 Å². The Morgan fingerprint density at radius 2 is 1.31 bits per heavy atom. The second kappa shape index (κ2) is 10.5. The van der Waals surface area contributed by atoms with E-state index in [0.717, 1.165) is 22.9 Å². The number of aliphatic imine (C=N–C) groups is 1. The van der Waals surface area contributed by atoms with E-state index in [1.165, 1.54) is 70.9 Å². The number of fused-ring (bicyclic) bond motifs is 2. The van der Waals surface area contributed by atoms with Crippen LogP contribution >= 0.6 is 0 Å². The Hall–Kier alpha value is -6.06. The fourth-order valence-electron chi connectivity index (χ4n) is 8.05. The first kappa shape index (κ1) is 28.2. The van der Waals surface area contributed by atoms with Gasteiger partial charge in [-0.05, 0) is 102 Å². The summed E-state index contributed by atoms with van der Waals surface area (Å²) in [6.07, 6.45) is 3.72. The quantitative estimate of drug-likeness (QED) is 0.142. The van der Waals surface area contributed by atoms with E-state index in [1.54, 1.807) is 0 Å². The zero-order valence-electron chi connectivity index (χ0n) is 27.0. The molecule has 228 valence electrons. The van der Waals surface area contributed by atoms with Crippen molar-refractivity contribution in [3.8, 4) is 22.3 Å². The summed E-state index contributed by atoms with van der Waals surface area (Å²) in [5.74, 6) is 1.56. The molecule has 0 saturated carbocycles. The Balaban J connectivity index is 1.25. The molecule has 0 bridgehead atoms. The summed E-state index contributed by atoms with van der Waals surface area (Å²) in [6, 6.07) is 46.3. The van der Waals surface area contributed by atoms with E-state index >= 15 is 0 Å². The van der Waals surface area contributed by atoms with E-state index in [0.29, 0.717) is 0 Å². The molecule has 0 aliphatic carbocycles. The molecule has 1 aromatic heterocycles. The van der Waals surface area contributed by atoms with Gasteiger partial charge in [-0.15, -0.1) is 0 Å². The minimum Gasteiger partial charge on any atom is -0.278 e. The predicted octanol–water partition coefficient (Wildman–Crippen LogP) is 12.0. The molecule has 2 heterocycles. The predicted molar refractivity (Wildman–Crippen MR) is 205 cm³/mol. The van der Waals surface area contributed by atoms with Gasteiger partial charge in [-0.2, -0.15) is 0 Å². The average molecular weight is 616 g/mol. The maximum absolute atomic E-state index is 4.69. The van der Waals surface area contributed by atoms with Crippen LogP contribution < -0.4 is 4.90 Å². The van der Waals surface area contributed by atoms with Gasteiger partial charge < -0.3 is 0 Å². The van der Waals surface area contributed by atoms with Gasteiger partial charge >= 0.3 is 0 Å². The SMILES string of the molecule is C=CC1=C(N=C)N(c2ccccn2)c2ccc(-c3cccc4c(-c5ccc6ccc7cccc8ccc5c6c78)cccc34)cc2C1(C)C. The molecule has 0 atom stereocenters. The standard InChI is InChI=1S/C45H33N3/c1-5-38-44(46-4)48(41-17-6-7-26-47-41)40-25-22-31(27-39(40)45(38,2)3)32-13-9-15-34-33(32)14-10-16-35(34)36-23-20-30-19-18-28-11-8-12-29-21-24-37(36)43(30)42(28)29/h5-27H,1,4H2,2-3H3. The topological polar surface area (TPSA) is 28.5 Å². The highest BCUT2D eigenvalue weighted by molar-refractivity contribution is 6.26. The van der Waals surface area contributed by atoms with E-state index in [4.69, 9.17) is 4.98 Å². The summed E-state index contributed by atoms with van der Waals surface area (Å²) in [5.41, 5.74) is 7.76. The first-order valence-corrected chi connectivity index (χ1v) is 16.4. The van der Waals surface area contributed by atoms with Crippen molar-refractivity contribution in [3.63, 3.8) is 0 Å². The fourth-order valence-corrected chi connectivity index (χ4v) is 8.05. The van der Waals surface area contributed by atoms with Crippen LogP contribution in [0.15, 0.2) is 163 Å². The van der Waals surface area contributed by atoms with Crippen molar-refractivity contribution >= 4 is 61.3 Å². The number of hydrogen-bond donors (Lipinski definition) is 0. The van der Waals surface area contributed by atoms with E-state index < -0.39 is 0 Å². The number of hydrogen-bond acceptors (Lipinski definition) is 3. The van der Waals surface area contributed by atoms with Crippen molar-refractivity contribution in [2.24, 2.45) is 4.99 Å². The van der Waals surface area contributed by atoms with E-state index in [9.17, 15) is 0 Å². The van der Waals surface area contributed by atoms with Gasteiger partial charge in [0.25, 0.3) is 0 Å². The normalized spacial score (nSPS) is 14.2.